The van der Waals surface area contributed by atoms with E-state index in [1.54, 1.807) is 0 Å². The molecule has 0 fully saturated rings. The predicted octanol–water partition coefficient (Wildman–Crippen LogP) is 5.20. The molecule has 2 atom stereocenters. The van der Waals surface area contributed by atoms with Crippen molar-refractivity contribution >= 4 is 0 Å². The molecule has 0 heterocycles. The second-order valence-electron chi connectivity index (χ2n) is 7.03. The lowest BCUT2D eigenvalue weighted by molar-refractivity contribution is 0.0683. The number of aliphatic hydroxyl groups excluding tert-OH is 1. The van der Waals surface area contributed by atoms with Crippen LogP contribution in [-0.2, 0) is 6.54 Å². The van der Waals surface area contributed by atoms with Crippen molar-refractivity contribution in [1.29, 1.82) is 0 Å². The molecule has 2 aromatic carbocycles. The molecule has 142 valence electrons. The highest BCUT2D eigenvalue weighted by Crippen LogP contribution is 2.24. The van der Waals surface area contributed by atoms with Crippen LogP contribution in [0.4, 0.5) is 0 Å². The van der Waals surface area contributed by atoms with Gasteiger partial charge in [0.05, 0.1) is 12.7 Å². The maximum absolute atomic E-state index is 10.7. The molecule has 0 aliphatic carbocycles. The summed E-state index contributed by atoms with van der Waals surface area (Å²) >= 11 is 0. The highest BCUT2D eigenvalue weighted by atomic mass is 16.5. The molecular formula is C23H33NO2. The van der Waals surface area contributed by atoms with Crippen molar-refractivity contribution in [3.05, 3.63) is 65.7 Å². The average Bonchev–Trinajstić information content (AvgIpc) is 2.68. The Hall–Kier alpha value is -1.84. The van der Waals surface area contributed by atoms with Crippen LogP contribution in [0.15, 0.2) is 54.6 Å². The Morgan fingerprint density at radius 2 is 1.65 bits per heavy atom. The Labute approximate surface area is 158 Å². The van der Waals surface area contributed by atoms with Crippen LogP contribution in [0.3, 0.4) is 0 Å². The monoisotopic (exact) mass is 355 g/mol. The lowest BCUT2D eigenvalue weighted by atomic mass is 10.0. The molecule has 2 rings (SSSR count). The van der Waals surface area contributed by atoms with Gasteiger partial charge in [-0.3, -0.25) is 4.90 Å². The summed E-state index contributed by atoms with van der Waals surface area (Å²) in [5.74, 6) is 0.956. The maximum Gasteiger partial charge on any atom is 0.123 e. The first-order valence-corrected chi connectivity index (χ1v) is 9.77. The number of para-hydroxylation sites is 1. The Bertz CT molecular complexity index is 629. The molecule has 0 aliphatic rings. The standard InChI is InChI=1S/C23H33NO2/c1-4-5-6-12-17-26-22-16-11-10-15-21(22)18-24(3)19(2)23(25)20-13-8-7-9-14-20/h7-11,13-16,19,23,25H,4-6,12,17-18H2,1-3H3. The first-order chi connectivity index (χ1) is 12.6. The van der Waals surface area contributed by atoms with Gasteiger partial charge in [0.2, 0.25) is 0 Å². The number of nitrogens with zero attached hydrogens (tertiary/aromatic N) is 1. The average molecular weight is 356 g/mol. The Morgan fingerprint density at radius 3 is 2.38 bits per heavy atom. The van der Waals surface area contributed by atoms with Gasteiger partial charge in [0.15, 0.2) is 0 Å². The zero-order chi connectivity index (χ0) is 18.8. The molecular weight excluding hydrogens is 322 g/mol. The molecule has 0 aromatic heterocycles. The second kappa shape index (κ2) is 11.0. The molecule has 3 nitrogen and oxygen atoms in total. The number of hydrogen-bond donors (Lipinski definition) is 1. The molecule has 3 heteroatoms. The van der Waals surface area contributed by atoms with Gasteiger partial charge in [0.25, 0.3) is 0 Å². The fraction of sp³-hybridized carbons (Fsp3) is 0.478. The summed E-state index contributed by atoms with van der Waals surface area (Å²) in [6.45, 7) is 5.79. The highest BCUT2D eigenvalue weighted by Gasteiger charge is 2.21. The van der Waals surface area contributed by atoms with Gasteiger partial charge in [0.1, 0.15) is 5.75 Å². The Morgan fingerprint density at radius 1 is 0.962 bits per heavy atom. The van der Waals surface area contributed by atoms with E-state index in [9.17, 15) is 5.11 Å². The van der Waals surface area contributed by atoms with E-state index < -0.39 is 6.10 Å². The van der Waals surface area contributed by atoms with Crippen LogP contribution in [-0.4, -0.2) is 29.7 Å². The van der Waals surface area contributed by atoms with Crippen molar-refractivity contribution in [2.45, 2.75) is 58.2 Å². The minimum Gasteiger partial charge on any atom is -0.493 e. The lowest BCUT2D eigenvalue weighted by Crippen LogP contribution is -2.34. The van der Waals surface area contributed by atoms with E-state index in [4.69, 9.17) is 4.74 Å². The van der Waals surface area contributed by atoms with Crippen LogP contribution in [0.25, 0.3) is 0 Å². The normalized spacial score (nSPS) is 13.6. The largest absolute Gasteiger partial charge is 0.493 e. The van der Waals surface area contributed by atoms with Crippen LogP contribution in [0.5, 0.6) is 5.75 Å². The lowest BCUT2D eigenvalue weighted by Gasteiger charge is -2.29. The van der Waals surface area contributed by atoms with Gasteiger partial charge in [-0.2, -0.15) is 0 Å². The molecule has 1 N–H and O–H groups in total. The van der Waals surface area contributed by atoms with Crippen molar-refractivity contribution in [1.82, 2.24) is 4.90 Å². The minimum atomic E-state index is -0.511. The Balaban J connectivity index is 1.94. The topological polar surface area (TPSA) is 32.7 Å². The van der Waals surface area contributed by atoms with Gasteiger partial charge in [0, 0.05) is 18.2 Å². The van der Waals surface area contributed by atoms with E-state index in [1.807, 2.05) is 48.5 Å². The van der Waals surface area contributed by atoms with Crippen LogP contribution >= 0.6 is 0 Å². The van der Waals surface area contributed by atoms with E-state index in [-0.39, 0.29) is 6.04 Å². The summed E-state index contributed by atoms with van der Waals surface area (Å²) in [5, 5.41) is 10.7. The molecule has 0 radical (unpaired) electrons. The van der Waals surface area contributed by atoms with Gasteiger partial charge in [-0.05, 0) is 32.0 Å². The third kappa shape index (κ3) is 6.15. The molecule has 0 saturated heterocycles. The first kappa shape index (κ1) is 20.5. The third-order valence-electron chi connectivity index (χ3n) is 4.94. The van der Waals surface area contributed by atoms with E-state index >= 15 is 0 Å². The molecule has 2 aromatic rings. The molecule has 0 bridgehead atoms. The van der Waals surface area contributed by atoms with Crippen molar-refractivity contribution in [3.8, 4) is 5.75 Å². The van der Waals surface area contributed by atoms with Crippen molar-refractivity contribution in [3.63, 3.8) is 0 Å². The quantitative estimate of drug-likeness (QED) is 0.562. The van der Waals surface area contributed by atoms with Crippen LogP contribution in [0, 0.1) is 0 Å². The molecule has 0 amide bonds. The number of likely N-dealkylation sites (N-methyl/N-ethyl adjacent to an activating group) is 1. The van der Waals surface area contributed by atoms with Crippen molar-refractivity contribution < 1.29 is 9.84 Å². The zero-order valence-electron chi connectivity index (χ0n) is 16.4. The van der Waals surface area contributed by atoms with Gasteiger partial charge in [-0.25, -0.2) is 0 Å². The van der Waals surface area contributed by atoms with Gasteiger partial charge >= 0.3 is 0 Å². The third-order valence-corrected chi connectivity index (χ3v) is 4.94. The van der Waals surface area contributed by atoms with Gasteiger partial charge in [-0.15, -0.1) is 0 Å². The molecule has 26 heavy (non-hydrogen) atoms. The van der Waals surface area contributed by atoms with Crippen molar-refractivity contribution in [2.24, 2.45) is 0 Å². The molecule has 2 unspecified atom stereocenters. The number of aliphatic hydroxyl groups is 1. The second-order valence-corrected chi connectivity index (χ2v) is 7.03. The molecule has 0 spiro atoms. The maximum atomic E-state index is 10.7. The molecule has 0 aliphatic heterocycles. The first-order valence-electron chi connectivity index (χ1n) is 9.77. The van der Waals surface area contributed by atoms with E-state index in [0.29, 0.717) is 0 Å². The van der Waals surface area contributed by atoms with E-state index in [0.717, 1.165) is 36.4 Å². The SMILES string of the molecule is CCCCCCOc1ccccc1CN(C)C(C)C(O)c1ccccc1. The smallest absolute Gasteiger partial charge is 0.123 e. The van der Waals surface area contributed by atoms with Crippen LogP contribution in [0.2, 0.25) is 0 Å². The van der Waals surface area contributed by atoms with Gasteiger partial charge < -0.3 is 9.84 Å². The van der Waals surface area contributed by atoms with Crippen LogP contribution < -0.4 is 4.74 Å². The fourth-order valence-electron chi connectivity index (χ4n) is 3.07. The minimum absolute atomic E-state index is 0.00927. The summed E-state index contributed by atoms with van der Waals surface area (Å²) in [4.78, 5) is 2.18. The predicted molar refractivity (Wildman–Crippen MR) is 108 cm³/mol. The highest BCUT2D eigenvalue weighted by molar-refractivity contribution is 5.33. The van der Waals surface area contributed by atoms with Crippen molar-refractivity contribution in [2.75, 3.05) is 13.7 Å². The number of rotatable bonds is 11. The van der Waals surface area contributed by atoms with Gasteiger partial charge in [-0.1, -0.05) is 74.7 Å². The van der Waals surface area contributed by atoms with E-state index in [2.05, 4.69) is 31.9 Å². The van der Waals surface area contributed by atoms with E-state index in [1.165, 1.54) is 19.3 Å². The summed E-state index contributed by atoms with van der Waals surface area (Å²) in [7, 11) is 2.05. The summed E-state index contributed by atoms with van der Waals surface area (Å²) in [6.07, 6.45) is 4.31. The van der Waals surface area contributed by atoms with Crippen LogP contribution in [0.1, 0.15) is 56.8 Å². The zero-order valence-corrected chi connectivity index (χ0v) is 16.4. The summed E-state index contributed by atoms with van der Waals surface area (Å²) in [6, 6.07) is 18.1. The Kier molecular flexibility index (Phi) is 8.66. The number of benzene rings is 2. The fourth-order valence-corrected chi connectivity index (χ4v) is 3.07. The summed E-state index contributed by atoms with van der Waals surface area (Å²) < 4.78 is 6.02. The number of unbranched alkanes of at least 4 members (excludes halogenated alkanes) is 3. The molecule has 0 saturated carbocycles. The number of ether oxygens (including phenoxy) is 1. The summed E-state index contributed by atoms with van der Waals surface area (Å²) in [5.41, 5.74) is 2.12. The number of hydrogen-bond acceptors (Lipinski definition) is 3.